The SMILES string of the molecule is CCc1nc(S/C(=C\c2ccc(OCc3ccc(F)cc3)c(Br)c2)C(=O)O)n[nH]1. The first-order chi connectivity index (χ1) is 13.9. The number of benzene rings is 2. The molecule has 3 rings (SSSR count). The van der Waals surface area contributed by atoms with Crippen LogP contribution in [-0.4, -0.2) is 26.3 Å². The van der Waals surface area contributed by atoms with Crippen molar-refractivity contribution in [3.8, 4) is 5.75 Å². The highest BCUT2D eigenvalue weighted by Crippen LogP contribution is 2.30. The summed E-state index contributed by atoms with van der Waals surface area (Å²) in [7, 11) is 0. The van der Waals surface area contributed by atoms with Gasteiger partial charge in [0.05, 0.1) is 4.47 Å². The molecule has 0 radical (unpaired) electrons. The highest BCUT2D eigenvalue weighted by molar-refractivity contribution is 9.10. The summed E-state index contributed by atoms with van der Waals surface area (Å²) >= 11 is 4.42. The maximum atomic E-state index is 13.0. The fourth-order valence-corrected chi connectivity index (χ4v) is 3.57. The van der Waals surface area contributed by atoms with Crippen LogP contribution >= 0.6 is 27.7 Å². The molecule has 0 aliphatic carbocycles. The van der Waals surface area contributed by atoms with Gasteiger partial charge in [0.15, 0.2) is 0 Å². The molecular formula is C20H17BrFN3O3S. The van der Waals surface area contributed by atoms with E-state index in [-0.39, 0.29) is 17.3 Å². The van der Waals surface area contributed by atoms with Crippen molar-refractivity contribution in [2.45, 2.75) is 25.1 Å². The molecule has 150 valence electrons. The fraction of sp³-hybridized carbons (Fsp3) is 0.150. The number of carbonyl (C=O) groups is 1. The zero-order valence-electron chi connectivity index (χ0n) is 15.4. The topological polar surface area (TPSA) is 88.1 Å². The Kier molecular flexibility index (Phi) is 7.05. The number of H-pyrrole nitrogens is 1. The van der Waals surface area contributed by atoms with E-state index in [1.165, 1.54) is 12.1 Å². The second kappa shape index (κ2) is 9.71. The molecule has 0 spiro atoms. The number of nitrogens with zero attached hydrogens (tertiary/aromatic N) is 2. The van der Waals surface area contributed by atoms with Crippen molar-refractivity contribution in [1.29, 1.82) is 0 Å². The van der Waals surface area contributed by atoms with Gasteiger partial charge in [-0.05, 0) is 69.2 Å². The monoisotopic (exact) mass is 477 g/mol. The van der Waals surface area contributed by atoms with Gasteiger partial charge in [-0.2, -0.15) is 0 Å². The standard InChI is InChI=1S/C20H17BrFN3O3S/c1-2-18-23-20(25-24-18)29-17(19(26)27)10-13-5-8-16(15(21)9-13)28-11-12-3-6-14(22)7-4-12/h3-10H,2,11H2,1H3,(H,26,27)(H,23,24,25)/b17-10-. The molecule has 1 heterocycles. The molecule has 0 aliphatic rings. The number of carboxylic acids is 1. The van der Waals surface area contributed by atoms with Gasteiger partial charge in [0.2, 0.25) is 5.16 Å². The average Bonchev–Trinajstić information content (AvgIpc) is 3.16. The minimum absolute atomic E-state index is 0.0959. The first-order valence-corrected chi connectivity index (χ1v) is 10.3. The third-order valence-corrected chi connectivity index (χ3v) is 5.32. The molecule has 29 heavy (non-hydrogen) atoms. The van der Waals surface area contributed by atoms with Crippen LogP contribution in [0.5, 0.6) is 5.75 Å². The Balaban J connectivity index is 1.72. The van der Waals surface area contributed by atoms with Crippen LogP contribution in [0.4, 0.5) is 4.39 Å². The summed E-state index contributed by atoms with van der Waals surface area (Å²) in [4.78, 5) is 15.9. The number of halogens is 2. The third-order valence-electron chi connectivity index (χ3n) is 3.82. The maximum Gasteiger partial charge on any atom is 0.342 e. The molecule has 0 unspecified atom stereocenters. The molecule has 3 aromatic rings. The lowest BCUT2D eigenvalue weighted by Crippen LogP contribution is -1.98. The normalized spacial score (nSPS) is 11.5. The smallest absolute Gasteiger partial charge is 0.342 e. The third kappa shape index (κ3) is 5.91. The van der Waals surface area contributed by atoms with Crippen LogP contribution in [0.1, 0.15) is 23.9 Å². The summed E-state index contributed by atoms with van der Waals surface area (Å²) in [5.41, 5.74) is 1.52. The van der Waals surface area contributed by atoms with Crippen molar-refractivity contribution < 1.29 is 19.0 Å². The van der Waals surface area contributed by atoms with Gasteiger partial charge in [0, 0.05) is 6.42 Å². The molecule has 0 aliphatic heterocycles. The molecule has 2 N–H and O–H groups in total. The van der Waals surface area contributed by atoms with Crippen LogP contribution in [0, 0.1) is 5.82 Å². The second-order valence-corrected chi connectivity index (χ2v) is 7.80. The van der Waals surface area contributed by atoms with Crippen molar-refractivity contribution >= 4 is 39.7 Å². The van der Waals surface area contributed by atoms with Crippen molar-refractivity contribution in [2.24, 2.45) is 0 Å². The van der Waals surface area contributed by atoms with Gasteiger partial charge in [-0.25, -0.2) is 14.2 Å². The second-order valence-electron chi connectivity index (χ2n) is 5.94. The number of hydrogen-bond acceptors (Lipinski definition) is 5. The van der Waals surface area contributed by atoms with Crippen LogP contribution in [-0.2, 0) is 17.8 Å². The zero-order chi connectivity index (χ0) is 20.8. The minimum atomic E-state index is -1.06. The fourth-order valence-electron chi connectivity index (χ4n) is 2.33. The van der Waals surface area contributed by atoms with E-state index in [1.54, 1.807) is 36.4 Å². The Labute approximate surface area is 179 Å². The van der Waals surface area contributed by atoms with Crippen LogP contribution in [0.25, 0.3) is 6.08 Å². The van der Waals surface area contributed by atoms with Crippen LogP contribution in [0.15, 0.2) is 57.0 Å². The highest BCUT2D eigenvalue weighted by Gasteiger charge is 2.14. The molecule has 1 aromatic heterocycles. The summed E-state index contributed by atoms with van der Waals surface area (Å²) < 4.78 is 19.4. The van der Waals surface area contributed by atoms with Gasteiger partial charge >= 0.3 is 5.97 Å². The van der Waals surface area contributed by atoms with Crippen molar-refractivity contribution in [1.82, 2.24) is 15.2 Å². The van der Waals surface area contributed by atoms with E-state index in [0.29, 0.717) is 33.2 Å². The Morgan fingerprint density at radius 2 is 2.07 bits per heavy atom. The molecule has 0 bridgehead atoms. The summed E-state index contributed by atoms with van der Waals surface area (Å²) in [5.74, 6) is -0.0695. The number of hydrogen-bond donors (Lipinski definition) is 2. The summed E-state index contributed by atoms with van der Waals surface area (Å²) in [5, 5.41) is 16.6. The Morgan fingerprint density at radius 3 is 2.69 bits per heavy atom. The Morgan fingerprint density at radius 1 is 1.31 bits per heavy atom. The van der Waals surface area contributed by atoms with Crippen LogP contribution < -0.4 is 4.74 Å². The predicted octanol–water partition coefficient (Wildman–Crippen LogP) is 5.07. The van der Waals surface area contributed by atoms with E-state index in [4.69, 9.17) is 4.74 Å². The number of ether oxygens (including phenoxy) is 1. The van der Waals surface area contributed by atoms with Gasteiger partial charge in [-0.3, -0.25) is 5.10 Å². The highest BCUT2D eigenvalue weighted by atomic mass is 79.9. The lowest BCUT2D eigenvalue weighted by Gasteiger charge is -2.09. The molecule has 0 atom stereocenters. The summed E-state index contributed by atoms with van der Waals surface area (Å²) in [6.07, 6.45) is 2.23. The number of aromatic amines is 1. The Bertz CT molecular complexity index is 1040. The summed E-state index contributed by atoms with van der Waals surface area (Å²) in [6.45, 7) is 2.22. The number of thioether (sulfide) groups is 1. The predicted molar refractivity (Wildman–Crippen MR) is 112 cm³/mol. The van der Waals surface area contributed by atoms with Crippen molar-refractivity contribution in [3.63, 3.8) is 0 Å². The van der Waals surface area contributed by atoms with Crippen molar-refractivity contribution in [2.75, 3.05) is 0 Å². The van der Waals surface area contributed by atoms with Gasteiger partial charge in [-0.15, -0.1) is 5.10 Å². The molecule has 0 saturated carbocycles. The van der Waals surface area contributed by atoms with Gasteiger partial charge in [0.25, 0.3) is 0 Å². The van der Waals surface area contributed by atoms with E-state index in [9.17, 15) is 14.3 Å². The van der Waals surface area contributed by atoms with Gasteiger partial charge in [-0.1, -0.05) is 25.1 Å². The van der Waals surface area contributed by atoms with E-state index >= 15 is 0 Å². The number of rotatable bonds is 8. The van der Waals surface area contributed by atoms with Gasteiger partial charge in [0.1, 0.15) is 28.9 Å². The number of nitrogens with one attached hydrogen (secondary N) is 1. The minimum Gasteiger partial charge on any atom is -0.488 e. The lowest BCUT2D eigenvalue weighted by molar-refractivity contribution is -0.131. The molecular weight excluding hydrogens is 461 g/mol. The number of aliphatic carboxylic acids is 1. The van der Waals surface area contributed by atoms with E-state index in [1.807, 2.05) is 6.92 Å². The lowest BCUT2D eigenvalue weighted by atomic mass is 10.2. The molecule has 6 nitrogen and oxygen atoms in total. The quantitative estimate of drug-likeness (QED) is 0.348. The number of aryl methyl sites for hydroxylation is 1. The number of aromatic nitrogens is 3. The maximum absolute atomic E-state index is 13.0. The largest absolute Gasteiger partial charge is 0.488 e. The Hall–Kier alpha value is -2.65. The van der Waals surface area contributed by atoms with Crippen LogP contribution in [0.2, 0.25) is 0 Å². The first-order valence-electron chi connectivity index (χ1n) is 8.65. The van der Waals surface area contributed by atoms with Gasteiger partial charge < -0.3 is 9.84 Å². The van der Waals surface area contributed by atoms with Crippen LogP contribution in [0.3, 0.4) is 0 Å². The zero-order valence-corrected chi connectivity index (χ0v) is 17.8. The summed E-state index contributed by atoms with van der Waals surface area (Å²) in [6, 6.07) is 11.3. The molecule has 0 saturated heterocycles. The number of carboxylic acid groups (broad SMARTS) is 1. The van der Waals surface area contributed by atoms with E-state index < -0.39 is 5.97 Å². The van der Waals surface area contributed by atoms with Crippen molar-refractivity contribution in [3.05, 3.63) is 74.6 Å². The first kappa shape index (κ1) is 21.1. The molecule has 9 heteroatoms. The molecule has 0 fully saturated rings. The van der Waals surface area contributed by atoms with E-state index in [2.05, 4.69) is 31.1 Å². The van der Waals surface area contributed by atoms with E-state index in [0.717, 1.165) is 17.3 Å². The molecule has 0 amide bonds. The molecule has 2 aromatic carbocycles. The average molecular weight is 478 g/mol.